The van der Waals surface area contributed by atoms with E-state index in [9.17, 15) is 5.11 Å². The fourth-order valence-corrected chi connectivity index (χ4v) is 2.36. The summed E-state index contributed by atoms with van der Waals surface area (Å²) in [6, 6.07) is 5.42. The van der Waals surface area contributed by atoms with Gasteiger partial charge in [-0.3, -0.25) is 0 Å². The molecule has 2 rings (SSSR count). The summed E-state index contributed by atoms with van der Waals surface area (Å²) in [6.45, 7) is 4.00. The van der Waals surface area contributed by atoms with Crippen LogP contribution in [-0.4, -0.2) is 44.6 Å². The van der Waals surface area contributed by atoms with Gasteiger partial charge in [-0.15, -0.1) is 0 Å². The molecule has 0 bridgehead atoms. The van der Waals surface area contributed by atoms with Crippen molar-refractivity contribution >= 4 is 0 Å². The molecule has 2 N–H and O–H groups in total. The first-order chi connectivity index (χ1) is 9.58. The smallest absolute Gasteiger partial charge is 0.124 e. The lowest BCUT2D eigenvalue weighted by atomic mass is 10.0. The van der Waals surface area contributed by atoms with E-state index < -0.39 is 6.10 Å². The fraction of sp³-hybridized carbons (Fsp3) is 0.600. The number of hydrogen-bond donors (Lipinski definition) is 2. The van der Waals surface area contributed by atoms with Gasteiger partial charge < -0.3 is 24.6 Å². The molecule has 2 atom stereocenters. The predicted octanol–water partition coefficient (Wildman–Crippen LogP) is 1.51. The SMILES string of the molecule is COc1ccc(OC)c(C(O)CNC2(C)CCOC2)c1. The summed E-state index contributed by atoms with van der Waals surface area (Å²) in [5, 5.41) is 13.8. The van der Waals surface area contributed by atoms with Crippen molar-refractivity contribution in [2.45, 2.75) is 25.0 Å². The Kier molecular flexibility index (Phi) is 4.86. The minimum Gasteiger partial charge on any atom is -0.497 e. The monoisotopic (exact) mass is 281 g/mol. The molecular weight excluding hydrogens is 258 g/mol. The highest BCUT2D eigenvalue weighted by Gasteiger charge is 2.30. The first-order valence-electron chi connectivity index (χ1n) is 6.81. The van der Waals surface area contributed by atoms with Crippen LogP contribution in [0.4, 0.5) is 0 Å². The summed E-state index contributed by atoms with van der Waals surface area (Å²) in [7, 11) is 3.20. The van der Waals surface area contributed by atoms with E-state index in [0.717, 1.165) is 18.6 Å². The predicted molar refractivity (Wildman–Crippen MR) is 76.3 cm³/mol. The summed E-state index contributed by atoms with van der Waals surface area (Å²) in [5.41, 5.74) is 0.662. The van der Waals surface area contributed by atoms with Crippen LogP contribution in [0.25, 0.3) is 0 Å². The average molecular weight is 281 g/mol. The highest BCUT2D eigenvalue weighted by atomic mass is 16.5. The molecule has 1 aromatic carbocycles. The highest BCUT2D eigenvalue weighted by molar-refractivity contribution is 5.41. The van der Waals surface area contributed by atoms with Gasteiger partial charge in [0.15, 0.2) is 0 Å². The van der Waals surface area contributed by atoms with Gasteiger partial charge in [-0.1, -0.05) is 0 Å². The van der Waals surface area contributed by atoms with E-state index in [-0.39, 0.29) is 5.54 Å². The maximum absolute atomic E-state index is 10.4. The number of hydrogen-bond acceptors (Lipinski definition) is 5. The highest BCUT2D eigenvalue weighted by Crippen LogP contribution is 2.29. The molecule has 5 nitrogen and oxygen atoms in total. The van der Waals surface area contributed by atoms with Crippen molar-refractivity contribution in [3.8, 4) is 11.5 Å². The Balaban J connectivity index is 2.05. The normalized spacial score (nSPS) is 23.6. The Hall–Kier alpha value is -1.30. The Bertz CT molecular complexity index is 443. The van der Waals surface area contributed by atoms with Gasteiger partial charge in [0.05, 0.1) is 26.9 Å². The summed E-state index contributed by atoms with van der Waals surface area (Å²) in [6.07, 6.45) is 0.298. The zero-order valence-corrected chi connectivity index (χ0v) is 12.3. The number of β-amino-alcohol motifs (C(OH)–C–C–N with tert-alkyl or cyclic N) is 1. The molecule has 1 aliphatic heterocycles. The summed E-state index contributed by atoms with van der Waals surface area (Å²) < 4.78 is 15.9. The van der Waals surface area contributed by atoms with Crippen molar-refractivity contribution in [1.29, 1.82) is 0 Å². The van der Waals surface area contributed by atoms with Gasteiger partial charge in [-0.2, -0.15) is 0 Å². The lowest BCUT2D eigenvalue weighted by Crippen LogP contribution is -2.44. The van der Waals surface area contributed by atoms with Crippen molar-refractivity contribution in [3.05, 3.63) is 23.8 Å². The van der Waals surface area contributed by atoms with Crippen LogP contribution >= 0.6 is 0 Å². The maximum Gasteiger partial charge on any atom is 0.124 e. The Labute approximate surface area is 119 Å². The number of rotatable bonds is 6. The van der Waals surface area contributed by atoms with Crippen LogP contribution < -0.4 is 14.8 Å². The molecule has 112 valence electrons. The van der Waals surface area contributed by atoms with Gasteiger partial charge in [0.2, 0.25) is 0 Å². The molecular formula is C15H23NO4. The molecule has 1 fully saturated rings. The summed E-state index contributed by atoms with van der Waals surface area (Å²) >= 11 is 0. The standard InChI is InChI=1S/C15H23NO4/c1-15(6-7-20-10-15)16-9-13(17)12-8-11(18-2)4-5-14(12)19-3/h4-5,8,13,16-17H,6-7,9-10H2,1-3H3. The lowest BCUT2D eigenvalue weighted by molar-refractivity contribution is 0.139. The zero-order chi connectivity index (χ0) is 14.6. The van der Waals surface area contributed by atoms with Crippen LogP contribution in [0.1, 0.15) is 25.0 Å². The summed E-state index contributed by atoms with van der Waals surface area (Å²) in [4.78, 5) is 0. The van der Waals surface area contributed by atoms with Crippen LogP contribution in [0.2, 0.25) is 0 Å². The molecule has 1 aromatic rings. The van der Waals surface area contributed by atoms with E-state index in [1.165, 1.54) is 0 Å². The maximum atomic E-state index is 10.4. The van der Waals surface area contributed by atoms with Crippen molar-refractivity contribution in [1.82, 2.24) is 5.32 Å². The molecule has 2 unspecified atom stereocenters. The Morgan fingerprint density at radius 2 is 2.20 bits per heavy atom. The van der Waals surface area contributed by atoms with Crippen molar-refractivity contribution in [2.24, 2.45) is 0 Å². The first kappa shape index (κ1) is 15.1. The second-order valence-corrected chi connectivity index (χ2v) is 5.37. The number of ether oxygens (including phenoxy) is 3. The van der Waals surface area contributed by atoms with Gasteiger partial charge >= 0.3 is 0 Å². The van der Waals surface area contributed by atoms with E-state index in [1.807, 2.05) is 6.07 Å². The average Bonchev–Trinajstić information content (AvgIpc) is 2.91. The molecule has 20 heavy (non-hydrogen) atoms. The van der Waals surface area contributed by atoms with Crippen LogP contribution in [0, 0.1) is 0 Å². The van der Waals surface area contributed by atoms with E-state index in [0.29, 0.717) is 24.7 Å². The number of methoxy groups -OCH3 is 2. The largest absolute Gasteiger partial charge is 0.497 e. The van der Waals surface area contributed by atoms with Crippen LogP contribution in [0.15, 0.2) is 18.2 Å². The Morgan fingerprint density at radius 1 is 1.40 bits per heavy atom. The van der Waals surface area contributed by atoms with Gasteiger partial charge in [-0.05, 0) is 31.5 Å². The Morgan fingerprint density at radius 3 is 2.80 bits per heavy atom. The van der Waals surface area contributed by atoms with E-state index in [1.54, 1.807) is 26.4 Å². The molecule has 0 saturated carbocycles. The minimum absolute atomic E-state index is 0.0624. The molecule has 1 heterocycles. The van der Waals surface area contributed by atoms with Gasteiger partial charge in [0.1, 0.15) is 11.5 Å². The zero-order valence-electron chi connectivity index (χ0n) is 12.3. The fourth-order valence-electron chi connectivity index (χ4n) is 2.36. The van der Waals surface area contributed by atoms with E-state index in [4.69, 9.17) is 14.2 Å². The second kappa shape index (κ2) is 6.43. The van der Waals surface area contributed by atoms with Crippen molar-refractivity contribution < 1.29 is 19.3 Å². The molecule has 1 aliphatic rings. The number of aliphatic hydroxyl groups excluding tert-OH is 1. The van der Waals surface area contributed by atoms with E-state index in [2.05, 4.69) is 12.2 Å². The molecule has 5 heteroatoms. The lowest BCUT2D eigenvalue weighted by Gasteiger charge is -2.26. The van der Waals surface area contributed by atoms with Crippen LogP contribution in [0.3, 0.4) is 0 Å². The quantitative estimate of drug-likeness (QED) is 0.827. The molecule has 0 aromatic heterocycles. The third-order valence-electron chi connectivity index (χ3n) is 3.74. The third-order valence-corrected chi connectivity index (χ3v) is 3.74. The van der Waals surface area contributed by atoms with E-state index >= 15 is 0 Å². The van der Waals surface area contributed by atoms with Crippen molar-refractivity contribution in [2.75, 3.05) is 34.0 Å². The van der Waals surface area contributed by atoms with Gasteiger partial charge in [0.25, 0.3) is 0 Å². The van der Waals surface area contributed by atoms with Crippen molar-refractivity contribution in [3.63, 3.8) is 0 Å². The summed E-state index contributed by atoms with van der Waals surface area (Å²) in [5.74, 6) is 1.36. The topological polar surface area (TPSA) is 60.0 Å². The van der Waals surface area contributed by atoms with Gasteiger partial charge in [-0.25, -0.2) is 0 Å². The first-order valence-corrected chi connectivity index (χ1v) is 6.81. The number of nitrogens with one attached hydrogen (secondary N) is 1. The molecule has 0 amide bonds. The second-order valence-electron chi connectivity index (χ2n) is 5.37. The molecule has 0 spiro atoms. The molecule has 0 aliphatic carbocycles. The minimum atomic E-state index is -0.655. The molecule has 0 radical (unpaired) electrons. The van der Waals surface area contributed by atoms with Gasteiger partial charge in [0, 0.05) is 24.3 Å². The van der Waals surface area contributed by atoms with Crippen LogP contribution in [0.5, 0.6) is 11.5 Å². The third kappa shape index (κ3) is 3.42. The number of aliphatic hydroxyl groups is 1. The van der Waals surface area contributed by atoms with Crippen LogP contribution in [-0.2, 0) is 4.74 Å². The number of benzene rings is 1. The molecule has 1 saturated heterocycles.